The lowest BCUT2D eigenvalue weighted by Gasteiger charge is -2.01. The van der Waals surface area contributed by atoms with E-state index in [4.69, 9.17) is 0 Å². The molecule has 1 aromatic heterocycles. The van der Waals surface area contributed by atoms with Gasteiger partial charge in [0.1, 0.15) is 11.4 Å². The molecule has 2 rings (SSSR count). The second-order valence-electron chi connectivity index (χ2n) is 3.93. The van der Waals surface area contributed by atoms with Crippen molar-refractivity contribution in [2.24, 2.45) is 7.05 Å². The molecule has 0 aliphatic heterocycles. The lowest BCUT2D eigenvalue weighted by molar-refractivity contribution is -0.388. The minimum Gasteiger partial charge on any atom is -0.508 e. The van der Waals surface area contributed by atoms with Gasteiger partial charge in [-0.05, 0) is 30.7 Å². The summed E-state index contributed by atoms with van der Waals surface area (Å²) in [6.07, 6.45) is 0.514. The number of nitro groups is 1. The van der Waals surface area contributed by atoms with Crippen molar-refractivity contribution in [2.75, 3.05) is 0 Å². The van der Waals surface area contributed by atoms with Gasteiger partial charge in [-0.3, -0.25) is 14.8 Å². The number of phenolic OH excluding ortho intramolecular Hbond substituents is 1. The van der Waals surface area contributed by atoms with Crippen LogP contribution in [0.5, 0.6) is 5.75 Å². The van der Waals surface area contributed by atoms with Gasteiger partial charge in [0.25, 0.3) is 0 Å². The van der Waals surface area contributed by atoms with Crippen LogP contribution in [0.4, 0.5) is 5.69 Å². The van der Waals surface area contributed by atoms with Gasteiger partial charge in [-0.15, -0.1) is 0 Å². The normalized spacial score (nSPS) is 10.6. The first-order valence-electron chi connectivity index (χ1n) is 5.70. The van der Waals surface area contributed by atoms with Gasteiger partial charge in [-0.1, -0.05) is 18.7 Å². The first-order valence-corrected chi connectivity index (χ1v) is 6.51. The van der Waals surface area contributed by atoms with Crippen LogP contribution in [0.15, 0.2) is 34.2 Å². The highest BCUT2D eigenvalue weighted by molar-refractivity contribution is 7.99. The van der Waals surface area contributed by atoms with E-state index in [-0.39, 0.29) is 11.4 Å². The number of aryl methyl sites for hydroxylation is 2. The van der Waals surface area contributed by atoms with Crippen LogP contribution in [-0.2, 0) is 13.5 Å². The second kappa shape index (κ2) is 5.31. The highest BCUT2D eigenvalue weighted by Gasteiger charge is 2.26. The molecule has 0 saturated carbocycles. The molecule has 0 aliphatic rings. The fourth-order valence-corrected chi connectivity index (χ4v) is 2.67. The molecule has 0 saturated heterocycles. The van der Waals surface area contributed by atoms with Crippen molar-refractivity contribution in [1.82, 2.24) is 9.78 Å². The van der Waals surface area contributed by atoms with Gasteiger partial charge >= 0.3 is 5.69 Å². The Bertz CT molecular complexity index is 607. The molecule has 2 aromatic rings. The molecule has 0 aliphatic carbocycles. The quantitative estimate of drug-likeness (QED) is 0.687. The van der Waals surface area contributed by atoms with Crippen molar-refractivity contribution in [3.63, 3.8) is 0 Å². The third-order valence-corrected chi connectivity index (χ3v) is 3.77. The molecule has 0 fully saturated rings. The third kappa shape index (κ3) is 2.70. The molecule has 1 aromatic carbocycles. The maximum Gasteiger partial charge on any atom is 0.324 e. The number of hydrogen-bond donors (Lipinski definition) is 1. The molecule has 0 unspecified atom stereocenters. The summed E-state index contributed by atoms with van der Waals surface area (Å²) in [6.45, 7) is 1.84. The topological polar surface area (TPSA) is 81.2 Å². The van der Waals surface area contributed by atoms with Gasteiger partial charge in [0.15, 0.2) is 5.03 Å². The Morgan fingerprint density at radius 2 is 2.05 bits per heavy atom. The molecule has 0 bridgehead atoms. The zero-order chi connectivity index (χ0) is 14.0. The standard InChI is InChI=1S/C12H13N3O3S/c1-3-10-11(15(17)18)12(14(2)13-10)19-9-6-4-8(16)5-7-9/h4-7,16H,3H2,1-2H3. The summed E-state index contributed by atoms with van der Waals surface area (Å²) in [4.78, 5) is 11.6. The molecule has 19 heavy (non-hydrogen) atoms. The molecular formula is C12H13N3O3S. The highest BCUT2D eigenvalue weighted by Crippen LogP contribution is 2.37. The fourth-order valence-electron chi connectivity index (χ4n) is 1.71. The number of phenols is 1. The van der Waals surface area contributed by atoms with Crippen molar-refractivity contribution < 1.29 is 10.0 Å². The summed E-state index contributed by atoms with van der Waals surface area (Å²) >= 11 is 1.26. The zero-order valence-corrected chi connectivity index (χ0v) is 11.3. The van der Waals surface area contributed by atoms with E-state index in [1.165, 1.54) is 16.4 Å². The van der Waals surface area contributed by atoms with Gasteiger partial charge in [-0.2, -0.15) is 5.10 Å². The number of aromatic nitrogens is 2. The highest BCUT2D eigenvalue weighted by atomic mass is 32.2. The lowest BCUT2D eigenvalue weighted by atomic mass is 10.3. The molecule has 0 spiro atoms. The van der Waals surface area contributed by atoms with E-state index in [0.717, 1.165) is 4.90 Å². The zero-order valence-electron chi connectivity index (χ0n) is 10.5. The van der Waals surface area contributed by atoms with Crippen LogP contribution in [0.3, 0.4) is 0 Å². The van der Waals surface area contributed by atoms with Crippen LogP contribution >= 0.6 is 11.8 Å². The second-order valence-corrected chi connectivity index (χ2v) is 4.99. The molecule has 1 N–H and O–H groups in total. The van der Waals surface area contributed by atoms with E-state index in [1.54, 1.807) is 31.3 Å². The Balaban J connectivity index is 2.41. The molecule has 0 radical (unpaired) electrons. The van der Waals surface area contributed by atoms with Crippen LogP contribution < -0.4 is 0 Å². The minimum absolute atomic E-state index is 0.0584. The SMILES string of the molecule is CCc1nn(C)c(Sc2ccc(O)cc2)c1[N+](=O)[O-]. The van der Waals surface area contributed by atoms with Gasteiger partial charge in [-0.25, -0.2) is 0 Å². The van der Waals surface area contributed by atoms with E-state index in [9.17, 15) is 15.2 Å². The van der Waals surface area contributed by atoms with E-state index in [1.807, 2.05) is 6.92 Å². The Labute approximate surface area is 114 Å². The van der Waals surface area contributed by atoms with Crippen molar-refractivity contribution >= 4 is 17.4 Å². The van der Waals surface area contributed by atoms with Gasteiger partial charge in [0.05, 0.1) is 4.92 Å². The largest absolute Gasteiger partial charge is 0.508 e. The monoisotopic (exact) mass is 279 g/mol. The molecule has 0 amide bonds. The molecule has 7 heteroatoms. The van der Waals surface area contributed by atoms with Crippen LogP contribution in [0, 0.1) is 10.1 Å². The third-order valence-electron chi connectivity index (χ3n) is 2.61. The van der Waals surface area contributed by atoms with Crippen molar-refractivity contribution in [2.45, 2.75) is 23.3 Å². The average Bonchev–Trinajstić information content (AvgIpc) is 2.69. The van der Waals surface area contributed by atoms with E-state index >= 15 is 0 Å². The van der Waals surface area contributed by atoms with E-state index in [0.29, 0.717) is 17.1 Å². The Hall–Kier alpha value is -2.02. The number of aromatic hydroxyl groups is 1. The number of benzene rings is 1. The van der Waals surface area contributed by atoms with Crippen LogP contribution in [-0.4, -0.2) is 19.8 Å². The van der Waals surface area contributed by atoms with Crippen LogP contribution in [0.1, 0.15) is 12.6 Å². The number of hydrogen-bond acceptors (Lipinski definition) is 5. The average molecular weight is 279 g/mol. The fraction of sp³-hybridized carbons (Fsp3) is 0.250. The molecular weight excluding hydrogens is 266 g/mol. The van der Waals surface area contributed by atoms with Crippen molar-refractivity contribution in [1.29, 1.82) is 0 Å². The number of nitrogens with zero attached hydrogens (tertiary/aromatic N) is 3. The van der Waals surface area contributed by atoms with Gasteiger partial charge < -0.3 is 5.11 Å². The summed E-state index contributed by atoms with van der Waals surface area (Å²) < 4.78 is 1.52. The number of rotatable bonds is 4. The summed E-state index contributed by atoms with van der Waals surface area (Å²) in [6, 6.07) is 6.52. The first kappa shape index (κ1) is 13.4. The Morgan fingerprint density at radius 3 is 2.58 bits per heavy atom. The predicted molar refractivity (Wildman–Crippen MR) is 71.5 cm³/mol. The predicted octanol–water partition coefficient (Wildman–Crippen LogP) is 2.75. The maximum absolute atomic E-state index is 11.2. The minimum atomic E-state index is -0.394. The summed E-state index contributed by atoms with van der Waals surface area (Å²) in [5, 5.41) is 25.0. The first-order chi connectivity index (χ1) is 9.02. The molecule has 1 heterocycles. The maximum atomic E-state index is 11.2. The summed E-state index contributed by atoms with van der Waals surface area (Å²) in [5.74, 6) is 0.165. The van der Waals surface area contributed by atoms with Crippen LogP contribution in [0.25, 0.3) is 0 Å². The summed E-state index contributed by atoms with van der Waals surface area (Å²) in [7, 11) is 1.69. The molecule has 100 valence electrons. The lowest BCUT2D eigenvalue weighted by Crippen LogP contribution is -1.94. The van der Waals surface area contributed by atoms with Crippen molar-refractivity contribution in [3.8, 4) is 5.75 Å². The van der Waals surface area contributed by atoms with Crippen molar-refractivity contribution in [3.05, 3.63) is 40.1 Å². The summed E-state index contributed by atoms with van der Waals surface area (Å²) in [5.41, 5.74) is 0.539. The molecule has 6 nitrogen and oxygen atoms in total. The van der Waals surface area contributed by atoms with E-state index < -0.39 is 4.92 Å². The van der Waals surface area contributed by atoms with Gasteiger partial charge in [0, 0.05) is 11.9 Å². The Morgan fingerprint density at radius 1 is 1.42 bits per heavy atom. The van der Waals surface area contributed by atoms with Crippen LogP contribution in [0.2, 0.25) is 0 Å². The molecule has 0 atom stereocenters. The Kier molecular flexibility index (Phi) is 3.75. The van der Waals surface area contributed by atoms with E-state index in [2.05, 4.69) is 5.10 Å². The smallest absolute Gasteiger partial charge is 0.324 e. The van der Waals surface area contributed by atoms with Gasteiger partial charge in [0.2, 0.25) is 0 Å².